The highest BCUT2D eigenvalue weighted by molar-refractivity contribution is 5.92. The third-order valence-electron chi connectivity index (χ3n) is 10.7. The van der Waals surface area contributed by atoms with Crippen LogP contribution >= 0.6 is 0 Å². The monoisotopic (exact) mass is 446 g/mol. The fourth-order valence-electron chi connectivity index (χ4n) is 8.85. The van der Waals surface area contributed by atoms with Gasteiger partial charge in [0.15, 0.2) is 5.79 Å². The zero-order chi connectivity index (χ0) is 22.9. The Hall–Kier alpha value is -1.27. The van der Waals surface area contributed by atoms with Crippen LogP contribution in [0, 0.1) is 46.3 Å². The van der Waals surface area contributed by atoms with Gasteiger partial charge in [0, 0.05) is 43.4 Å². The molecule has 178 valence electrons. The van der Waals surface area contributed by atoms with Crippen LogP contribution in [-0.2, 0) is 23.9 Å². The summed E-state index contributed by atoms with van der Waals surface area (Å²) in [5, 5.41) is 9.13. The van der Waals surface area contributed by atoms with E-state index in [0.717, 1.165) is 32.1 Å². The summed E-state index contributed by atoms with van der Waals surface area (Å²) in [6, 6.07) is 0. The third kappa shape index (κ3) is 3.15. The summed E-state index contributed by atoms with van der Waals surface area (Å²) in [4.78, 5) is 38.6. The molecule has 1 aliphatic heterocycles. The number of carbonyl (C=O) groups is 3. The summed E-state index contributed by atoms with van der Waals surface area (Å²) < 4.78 is 12.0. The fourth-order valence-corrected chi connectivity index (χ4v) is 8.85. The average molecular weight is 447 g/mol. The van der Waals surface area contributed by atoms with E-state index in [-0.39, 0.29) is 47.3 Å². The van der Waals surface area contributed by atoms with Gasteiger partial charge in [-0.25, -0.2) is 0 Å². The molecular weight excluding hydrogens is 408 g/mol. The quantitative estimate of drug-likeness (QED) is 0.694. The summed E-state index contributed by atoms with van der Waals surface area (Å²) in [6.07, 6.45) is 6.21. The molecule has 0 aromatic heterocycles. The van der Waals surface area contributed by atoms with Gasteiger partial charge >= 0.3 is 5.97 Å². The third-order valence-corrected chi connectivity index (χ3v) is 10.7. The molecule has 32 heavy (non-hydrogen) atoms. The molecule has 1 N–H and O–H groups in total. The molecule has 1 spiro atoms. The first kappa shape index (κ1) is 22.5. The summed E-state index contributed by atoms with van der Waals surface area (Å²) >= 11 is 0. The second-order valence-electron chi connectivity index (χ2n) is 11.9. The molecule has 4 aliphatic carbocycles. The van der Waals surface area contributed by atoms with Gasteiger partial charge in [0.1, 0.15) is 11.6 Å². The number of Topliss-reactive ketones (excluding diaryl/α,β-unsaturated/α-hetero) is 2. The molecule has 5 fully saturated rings. The molecule has 0 unspecified atom stereocenters. The van der Waals surface area contributed by atoms with Crippen LogP contribution in [0.1, 0.15) is 78.6 Å². The number of ketones is 2. The van der Waals surface area contributed by atoms with E-state index in [1.165, 1.54) is 0 Å². The predicted octanol–water partition coefficient (Wildman–Crippen LogP) is 4.25. The normalized spacial score (nSPS) is 45.9. The minimum atomic E-state index is -0.779. The number of ether oxygens (including phenoxy) is 2. The Bertz CT molecular complexity index is 815. The highest BCUT2D eigenvalue weighted by Crippen LogP contribution is 2.67. The van der Waals surface area contributed by atoms with Crippen molar-refractivity contribution >= 4 is 17.5 Å². The maximum absolute atomic E-state index is 13.8. The van der Waals surface area contributed by atoms with E-state index in [9.17, 15) is 14.4 Å². The van der Waals surface area contributed by atoms with Gasteiger partial charge in [0.05, 0.1) is 13.2 Å². The fraction of sp³-hybridized carbons (Fsp3) is 0.885. The minimum Gasteiger partial charge on any atom is -0.481 e. The van der Waals surface area contributed by atoms with E-state index in [1.807, 2.05) is 0 Å². The highest BCUT2D eigenvalue weighted by atomic mass is 16.7. The van der Waals surface area contributed by atoms with Crippen molar-refractivity contribution < 1.29 is 29.0 Å². The Labute approximate surface area is 190 Å². The van der Waals surface area contributed by atoms with Crippen LogP contribution in [0.2, 0.25) is 0 Å². The van der Waals surface area contributed by atoms with Crippen molar-refractivity contribution in [3.63, 3.8) is 0 Å². The average Bonchev–Trinajstić information content (AvgIpc) is 3.34. The van der Waals surface area contributed by atoms with Crippen LogP contribution in [0.3, 0.4) is 0 Å². The Balaban J connectivity index is 1.41. The van der Waals surface area contributed by atoms with Crippen molar-refractivity contribution in [2.45, 2.75) is 84.3 Å². The molecule has 0 aromatic rings. The number of carboxylic acids is 1. The van der Waals surface area contributed by atoms with Crippen molar-refractivity contribution in [2.75, 3.05) is 13.2 Å². The Morgan fingerprint density at radius 2 is 1.81 bits per heavy atom. The predicted molar refractivity (Wildman–Crippen MR) is 117 cm³/mol. The molecule has 0 bridgehead atoms. The number of hydrogen-bond donors (Lipinski definition) is 1. The van der Waals surface area contributed by atoms with Gasteiger partial charge in [-0.3, -0.25) is 14.4 Å². The van der Waals surface area contributed by atoms with Crippen molar-refractivity contribution in [3.05, 3.63) is 0 Å². The lowest BCUT2D eigenvalue weighted by atomic mass is 9.43. The van der Waals surface area contributed by atoms with E-state index in [1.54, 1.807) is 0 Å². The van der Waals surface area contributed by atoms with Gasteiger partial charge in [-0.15, -0.1) is 0 Å². The topological polar surface area (TPSA) is 89.9 Å². The zero-order valence-electron chi connectivity index (χ0n) is 19.7. The summed E-state index contributed by atoms with van der Waals surface area (Å²) in [6.45, 7) is 7.78. The second kappa shape index (κ2) is 7.63. The zero-order valence-corrected chi connectivity index (χ0v) is 19.7. The maximum Gasteiger partial charge on any atom is 0.303 e. The van der Waals surface area contributed by atoms with Crippen LogP contribution in [0.15, 0.2) is 0 Å². The van der Waals surface area contributed by atoms with Crippen LogP contribution < -0.4 is 0 Å². The maximum atomic E-state index is 13.8. The largest absolute Gasteiger partial charge is 0.481 e. The molecular formula is C26H38O6. The number of fused-ring (bicyclic) bond motifs is 5. The molecule has 1 heterocycles. The van der Waals surface area contributed by atoms with E-state index in [4.69, 9.17) is 14.6 Å². The number of hydrogen-bond acceptors (Lipinski definition) is 5. The molecule has 1 saturated heterocycles. The van der Waals surface area contributed by atoms with Gasteiger partial charge in [0.2, 0.25) is 0 Å². The molecule has 0 amide bonds. The van der Waals surface area contributed by atoms with Crippen LogP contribution in [0.25, 0.3) is 0 Å². The van der Waals surface area contributed by atoms with E-state index >= 15 is 0 Å². The molecule has 0 radical (unpaired) electrons. The second-order valence-corrected chi connectivity index (χ2v) is 11.9. The Kier molecular flexibility index (Phi) is 5.37. The van der Waals surface area contributed by atoms with Crippen LogP contribution in [0.5, 0.6) is 0 Å². The van der Waals surface area contributed by atoms with Gasteiger partial charge < -0.3 is 14.6 Å². The van der Waals surface area contributed by atoms with Gasteiger partial charge in [0.25, 0.3) is 0 Å². The lowest BCUT2D eigenvalue weighted by molar-refractivity contribution is -0.225. The van der Waals surface area contributed by atoms with E-state index < -0.39 is 17.2 Å². The van der Waals surface area contributed by atoms with Gasteiger partial charge in [-0.05, 0) is 60.7 Å². The lowest BCUT2D eigenvalue weighted by Gasteiger charge is -2.60. The van der Waals surface area contributed by atoms with Crippen molar-refractivity contribution in [2.24, 2.45) is 46.3 Å². The summed E-state index contributed by atoms with van der Waals surface area (Å²) in [7, 11) is 0. The van der Waals surface area contributed by atoms with E-state index in [0.29, 0.717) is 44.0 Å². The highest BCUT2D eigenvalue weighted by Gasteiger charge is 2.67. The molecule has 8 atom stereocenters. The van der Waals surface area contributed by atoms with Crippen LogP contribution in [-0.4, -0.2) is 41.6 Å². The van der Waals surface area contributed by atoms with Crippen molar-refractivity contribution in [3.8, 4) is 0 Å². The molecule has 6 heteroatoms. The number of carboxylic acid groups (broad SMARTS) is 1. The molecule has 5 aliphatic rings. The molecule has 5 rings (SSSR count). The van der Waals surface area contributed by atoms with Crippen molar-refractivity contribution in [1.82, 2.24) is 0 Å². The number of aliphatic carboxylic acids is 1. The minimum absolute atomic E-state index is 0.0247. The Morgan fingerprint density at radius 3 is 2.50 bits per heavy atom. The first-order chi connectivity index (χ1) is 15.1. The van der Waals surface area contributed by atoms with Crippen molar-refractivity contribution in [1.29, 1.82) is 0 Å². The van der Waals surface area contributed by atoms with Gasteiger partial charge in [-0.2, -0.15) is 0 Å². The lowest BCUT2D eigenvalue weighted by Crippen LogP contribution is -2.61. The van der Waals surface area contributed by atoms with Crippen LogP contribution in [0.4, 0.5) is 0 Å². The SMILES string of the molecule is C[C@@H](CCC(=O)O)[C@H]1CC[C@H]2[C@H]3C(=O)C[C@@H]4CC5(CC[C@]4(C)[C@@H]3CC(=O)[C@]12C)OCCO5. The molecule has 6 nitrogen and oxygen atoms in total. The van der Waals surface area contributed by atoms with E-state index in [2.05, 4.69) is 20.8 Å². The van der Waals surface area contributed by atoms with Gasteiger partial charge in [-0.1, -0.05) is 20.8 Å². The first-order valence-electron chi connectivity index (χ1n) is 12.7. The summed E-state index contributed by atoms with van der Waals surface area (Å²) in [5.41, 5.74) is -0.519. The summed E-state index contributed by atoms with van der Waals surface area (Å²) in [5.74, 6) is 0.121. The molecule has 0 aromatic carbocycles. The standard InChI is InChI=1S/C26H38O6/c1-15(4-7-22(29)30)17-5-6-18-23-19(13-21(28)25(17,18)3)24(2)8-9-26(31-10-11-32-26)14-16(24)12-20(23)27/h15-19,23H,4-14H2,1-3H3,(H,29,30)/t15-,16+,17+,18-,19+,23+,24-,25+/m0/s1. The molecule has 4 saturated carbocycles. The Morgan fingerprint density at radius 1 is 1.09 bits per heavy atom. The number of carbonyl (C=O) groups excluding carboxylic acids is 2. The number of rotatable bonds is 4. The first-order valence-corrected chi connectivity index (χ1v) is 12.7. The smallest absolute Gasteiger partial charge is 0.303 e.